The highest BCUT2D eigenvalue weighted by Crippen LogP contribution is 2.19. The second-order valence-corrected chi connectivity index (χ2v) is 6.33. The zero-order valence-electron chi connectivity index (χ0n) is 12.4. The Bertz CT molecular complexity index is 750. The molecule has 0 fully saturated rings. The minimum absolute atomic E-state index is 0.0686. The smallest absolute Gasteiger partial charge is 0.261 e. The number of ketones is 1. The number of hydrogen-bond acceptors (Lipinski definition) is 4. The van der Waals surface area contributed by atoms with E-state index in [1.54, 1.807) is 36.4 Å². The average molecular weight is 319 g/mol. The minimum Gasteiger partial charge on any atom is -0.494 e. The van der Waals surface area contributed by atoms with Gasteiger partial charge in [-0.25, -0.2) is 8.42 Å². The highest BCUT2D eigenvalue weighted by molar-refractivity contribution is 7.92. The van der Waals surface area contributed by atoms with Crippen LogP contribution in [-0.4, -0.2) is 20.8 Å². The molecule has 0 aliphatic carbocycles. The molecule has 0 aliphatic heterocycles. The first kappa shape index (κ1) is 16.0. The maximum Gasteiger partial charge on any atom is 0.261 e. The summed E-state index contributed by atoms with van der Waals surface area (Å²) >= 11 is 0. The number of hydrogen-bond donors (Lipinski definition) is 1. The first-order valence-electron chi connectivity index (χ1n) is 6.79. The molecule has 0 saturated heterocycles. The number of benzene rings is 2. The molecule has 22 heavy (non-hydrogen) atoms. The number of carbonyl (C=O) groups excluding carboxylic acids is 1. The summed E-state index contributed by atoms with van der Waals surface area (Å²) in [5.41, 5.74) is 0.933. The highest BCUT2D eigenvalue weighted by atomic mass is 32.2. The summed E-state index contributed by atoms with van der Waals surface area (Å²) in [5, 5.41) is 0. The molecule has 0 atom stereocenters. The monoisotopic (exact) mass is 319 g/mol. The Kier molecular flexibility index (Phi) is 4.82. The first-order valence-corrected chi connectivity index (χ1v) is 8.27. The van der Waals surface area contributed by atoms with Gasteiger partial charge in [-0.2, -0.15) is 0 Å². The van der Waals surface area contributed by atoms with Crippen molar-refractivity contribution in [3.8, 4) is 5.75 Å². The number of rotatable bonds is 6. The van der Waals surface area contributed by atoms with Gasteiger partial charge in [0, 0.05) is 11.3 Å². The van der Waals surface area contributed by atoms with E-state index in [4.69, 9.17) is 4.74 Å². The molecule has 0 spiro atoms. The van der Waals surface area contributed by atoms with Crippen molar-refractivity contribution >= 4 is 21.5 Å². The van der Waals surface area contributed by atoms with Crippen LogP contribution < -0.4 is 9.46 Å². The topological polar surface area (TPSA) is 72.5 Å². The summed E-state index contributed by atoms with van der Waals surface area (Å²) in [7, 11) is -3.67. The molecule has 1 N–H and O–H groups in total. The van der Waals surface area contributed by atoms with E-state index in [0.717, 1.165) is 0 Å². The van der Waals surface area contributed by atoms with Crippen LogP contribution in [0.15, 0.2) is 53.4 Å². The number of ether oxygens (including phenoxy) is 1. The summed E-state index contributed by atoms with van der Waals surface area (Å²) in [6, 6.07) is 12.5. The molecule has 0 saturated carbocycles. The van der Waals surface area contributed by atoms with E-state index >= 15 is 0 Å². The summed E-state index contributed by atoms with van der Waals surface area (Å²) in [5.74, 6) is 0.549. The molecule has 116 valence electrons. The van der Waals surface area contributed by atoms with E-state index in [1.807, 2.05) is 6.92 Å². The zero-order chi connectivity index (χ0) is 16.2. The zero-order valence-corrected chi connectivity index (χ0v) is 13.2. The van der Waals surface area contributed by atoms with E-state index < -0.39 is 10.0 Å². The van der Waals surface area contributed by atoms with Crippen LogP contribution in [0, 0.1) is 0 Å². The van der Waals surface area contributed by atoms with Crippen LogP contribution in [0.1, 0.15) is 24.2 Å². The van der Waals surface area contributed by atoms with Crippen molar-refractivity contribution in [1.82, 2.24) is 0 Å². The lowest BCUT2D eigenvalue weighted by atomic mass is 10.1. The van der Waals surface area contributed by atoms with Gasteiger partial charge >= 0.3 is 0 Å². The normalized spacial score (nSPS) is 11.0. The van der Waals surface area contributed by atoms with Crippen LogP contribution in [0.2, 0.25) is 0 Å². The molecule has 2 aromatic carbocycles. The van der Waals surface area contributed by atoms with E-state index in [9.17, 15) is 13.2 Å². The molecule has 0 aromatic heterocycles. The van der Waals surface area contributed by atoms with Crippen molar-refractivity contribution in [2.45, 2.75) is 18.7 Å². The third-order valence-electron chi connectivity index (χ3n) is 2.99. The Morgan fingerprint density at radius 1 is 1.05 bits per heavy atom. The second kappa shape index (κ2) is 6.62. The van der Waals surface area contributed by atoms with E-state index in [-0.39, 0.29) is 10.7 Å². The molecular weight excluding hydrogens is 302 g/mol. The molecule has 0 radical (unpaired) electrons. The quantitative estimate of drug-likeness (QED) is 0.830. The first-order chi connectivity index (χ1) is 10.4. The largest absolute Gasteiger partial charge is 0.494 e. The maximum atomic E-state index is 12.3. The van der Waals surface area contributed by atoms with Crippen LogP contribution in [-0.2, 0) is 10.0 Å². The Morgan fingerprint density at radius 2 is 1.64 bits per heavy atom. The van der Waals surface area contributed by atoms with Crippen molar-refractivity contribution in [3.63, 3.8) is 0 Å². The molecule has 0 bridgehead atoms. The van der Waals surface area contributed by atoms with Gasteiger partial charge in [0.05, 0.1) is 11.5 Å². The van der Waals surface area contributed by atoms with E-state index in [1.165, 1.54) is 19.1 Å². The molecule has 6 heteroatoms. The number of sulfonamides is 1. The van der Waals surface area contributed by atoms with Gasteiger partial charge in [-0.1, -0.05) is 0 Å². The van der Waals surface area contributed by atoms with Crippen molar-refractivity contribution in [2.24, 2.45) is 0 Å². The molecule has 0 aliphatic rings. The minimum atomic E-state index is -3.67. The van der Waals surface area contributed by atoms with Gasteiger partial charge in [0.15, 0.2) is 5.78 Å². The molecule has 2 rings (SSSR count). The predicted octanol–water partition coefficient (Wildman–Crippen LogP) is 3.09. The summed E-state index contributed by atoms with van der Waals surface area (Å²) in [4.78, 5) is 11.3. The molecule has 5 nitrogen and oxygen atoms in total. The number of anilines is 1. The van der Waals surface area contributed by atoms with Crippen LogP contribution in [0.4, 0.5) is 5.69 Å². The van der Waals surface area contributed by atoms with Crippen LogP contribution in [0.25, 0.3) is 0 Å². The van der Waals surface area contributed by atoms with Gasteiger partial charge in [0.2, 0.25) is 0 Å². The van der Waals surface area contributed by atoms with Gasteiger partial charge in [0.1, 0.15) is 5.75 Å². The molecule has 2 aromatic rings. The average Bonchev–Trinajstić information content (AvgIpc) is 2.48. The fourth-order valence-corrected chi connectivity index (χ4v) is 2.93. The van der Waals surface area contributed by atoms with Crippen LogP contribution in [0.5, 0.6) is 5.75 Å². The Hall–Kier alpha value is -2.34. The van der Waals surface area contributed by atoms with Crippen LogP contribution in [0.3, 0.4) is 0 Å². The number of Topliss-reactive ketones (excluding diaryl/α,β-unsaturated/α-hetero) is 1. The second-order valence-electron chi connectivity index (χ2n) is 4.64. The lowest BCUT2D eigenvalue weighted by molar-refractivity contribution is 0.101. The van der Waals surface area contributed by atoms with Crippen molar-refractivity contribution in [3.05, 3.63) is 54.1 Å². The summed E-state index contributed by atoms with van der Waals surface area (Å²) < 4.78 is 32.3. The lowest BCUT2D eigenvalue weighted by Crippen LogP contribution is -2.13. The Morgan fingerprint density at radius 3 is 2.14 bits per heavy atom. The molecule has 0 heterocycles. The maximum absolute atomic E-state index is 12.3. The van der Waals surface area contributed by atoms with Crippen LogP contribution >= 0.6 is 0 Å². The SMILES string of the molecule is CCOc1ccc(S(=O)(=O)Nc2ccc(C(C)=O)cc2)cc1. The van der Waals surface area contributed by atoms with Crippen molar-refractivity contribution in [2.75, 3.05) is 11.3 Å². The number of nitrogens with one attached hydrogen (secondary N) is 1. The van der Waals surface area contributed by atoms with Gasteiger partial charge in [-0.15, -0.1) is 0 Å². The molecule has 0 unspecified atom stereocenters. The molecular formula is C16H17NO4S. The fourth-order valence-electron chi connectivity index (χ4n) is 1.87. The Labute approximate surface area is 130 Å². The third kappa shape index (κ3) is 3.85. The standard InChI is InChI=1S/C16H17NO4S/c1-3-21-15-8-10-16(11-9-15)22(19,20)17-14-6-4-13(5-7-14)12(2)18/h4-11,17H,3H2,1-2H3. The molecule has 0 amide bonds. The van der Waals surface area contributed by atoms with E-state index in [0.29, 0.717) is 23.6 Å². The lowest BCUT2D eigenvalue weighted by Gasteiger charge is -2.09. The predicted molar refractivity (Wildman–Crippen MR) is 84.9 cm³/mol. The number of carbonyl (C=O) groups is 1. The van der Waals surface area contributed by atoms with E-state index in [2.05, 4.69) is 4.72 Å². The third-order valence-corrected chi connectivity index (χ3v) is 4.39. The summed E-state index contributed by atoms with van der Waals surface area (Å²) in [6.07, 6.45) is 0. The van der Waals surface area contributed by atoms with Gasteiger partial charge < -0.3 is 4.74 Å². The highest BCUT2D eigenvalue weighted by Gasteiger charge is 2.14. The fraction of sp³-hybridized carbons (Fsp3) is 0.188. The van der Waals surface area contributed by atoms with Gasteiger partial charge in [-0.05, 0) is 62.4 Å². The summed E-state index contributed by atoms with van der Waals surface area (Å²) in [6.45, 7) is 3.84. The Balaban J connectivity index is 2.18. The van der Waals surface area contributed by atoms with Gasteiger partial charge in [0.25, 0.3) is 10.0 Å². The van der Waals surface area contributed by atoms with Crippen molar-refractivity contribution < 1.29 is 17.9 Å². The van der Waals surface area contributed by atoms with Gasteiger partial charge in [-0.3, -0.25) is 9.52 Å². The van der Waals surface area contributed by atoms with Crippen molar-refractivity contribution in [1.29, 1.82) is 0 Å².